The highest BCUT2D eigenvalue weighted by molar-refractivity contribution is 5.78. The third-order valence-electron chi connectivity index (χ3n) is 4.53. The van der Waals surface area contributed by atoms with Gasteiger partial charge in [0.1, 0.15) is 0 Å². The number of amides is 1. The molecular formula is C16H22N2O2. The van der Waals surface area contributed by atoms with Gasteiger partial charge in [0.05, 0.1) is 13.2 Å². The van der Waals surface area contributed by atoms with E-state index in [2.05, 4.69) is 23.1 Å². The molecule has 2 aliphatic heterocycles. The maximum absolute atomic E-state index is 12.4. The largest absolute Gasteiger partial charge is 0.395 e. The molecule has 0 spiro atoms. The number of fused-ring (bicyclic) bond motifs is 1. The van der Waals surface area contributed by atoms with Crippen molar-refractivity contribution in [2.75, 3.05) is 26.2 Å². The van der Waals surface area contributed by atoms with Crippen molar-refractivity contribution in [3.05, 3.63) is 35.4 Å². The molecular weight excluding hydrogens is 252 g/mol. The van der Waals surface area contributed by atoms with E-state index in [1.165, 1.54) is 11.1 Å². The third-order valence-corrected chi connectivity index (χ3v) is 4.53. The van der Waals surface area contributed by atoms with Crippen molar-refractivity contribution >= 4 is 5.91 Å². The summed E-state index contributed by atoms with van der Waals surface area (Å²) in [5, 5.41) is 9.32. The lowest BCUT2D eigenvalue weighted by molar-refractivity contribution is -0.133. The zero-order valence-corrected chi connectivity index (χ0v) is 11.8. The first-order chi connectivity index (χ1) is 9.78. The summed E-state index contributed by atoms with van der Waals surface area (Å²) in [4.78, 5) is 16.5. The number of hydrogen-bond donors (Lipinski definition) is 1. The van der Waals surface area contributed by atoms with Crippen LogP contribution in [0, 0.1) is 0 Å². The Balaban J connectivity index is 1.61. The number of nitrogens with zero attached hydrogens (tertiary/aromatic N) is 2. The van der Waals surface area contributed by atoms with Gasteiger partial charge in [-0.2, -0.15) is 0 Å². The van der Waals surface area contributed by atoms with Gasteiger partial charge in [0.15, 0.2) is 0 Å². The van der Waals surface area contributed by atoms with Crippen LogP contribution in [0.1, 0.15) is 24.0 Å². The van der Waals surface area contributed by atoms with Gasteiger partial charge in [0.25, 0.3) is 0 Å². The quantitative estimate of drug-likeness (QED) is 0.895. The van der Waals surface area contributed by atoms with Crippen LogP contribution in [0.3, 0.4) is 0 Å². The monoisotopic (exact) mass is 274 g/mol. The summed E-state index contributed by atoms with van der Waals surface area (Å²) in [6.07, 6.45) is 3.04. The van der Waals surface area contributed by atoms with Crippen molar-refractivity contribution in [3.63, 3.8) is 0 Å². The zero-order chi connectivity index (χ0) is 13.9. The summed E-state index contributed by atoms with van der Waals surface area (Å²) >= 11 is 0. The van der Waals surface area contributed by atoms with Crippen molar-refractivity contribution in [3.8, 4) is 0 Å². The fourth-order valence-electron chi connectivity index (χ4n) is 3.29. The van der Waals surface area contributed by atoms with Crippen LogP contribution in [0.5, 0.6) is 0 Å². The number of benzene rings is 1. The molecule has 1 atom stereocenters. The summed E-state index contributed by atoms with van der Waals surface area (Å²) in [6.45, 7) is 3.09. The first kappa shape index (κ1) is 13.6. The number of aliphatic hydroxyl groups is 1. The van der Waals surface area contributed by atoms with Gasteiger partial charge >= 0.3 is 0 Å². The fraction of sp³-hybridized carbons (Fsp3) is 0.562. The van der Waals surface area contributed by atoms with E-state index in [0.29, 0.717) is 6.54 Å². The molecule has 4 heteroatoms. The molecule has 20 heavy (non-hydrogen) atoms. The summed E-state index contributed by atoms with van der Waals surface area (Å²) in [5.41, 5.74) is 2.64. The minimum atomic E-state index is 0.163. The normalized spacial score (nSPS) is 22.9. The summed E-state index contributed by atoms with van der Waals surface area (Å²) in [5.74, 6) is 0.194. The highest BCUT2D eigenvalue weighted by Crippen LogP contribution is 2.20. The van der Waals surface area contributed by atoms with Crippen molar-refractivity contribution < 1.29 is 9.90 Å². The zero-order valence-electron chi connectivity index (χ0n) is 11.8. The van der Waals surface area contributed by atoms with E-state index in [1.54, 1.807) is 0 Å². The van der Waals surface area contributed by atoms with Crippen molar-refractivity contribution in [1.82, 2.24) is 9.80 Å². The molecule has 0 aromatic heterocycles. The Kier molecular flexibility index (Phi) is 4.03. The van der Waals surface area contributed by atoms with E-state index in [4.69, 9.17) is 0 Å². The van der Waals surface area contributed by atoms with E-state index >= 15 is 0 Å². The fourth-order valence-corrected chi connectivity index (χ4v) is 3.29. The van der Waals surface area contributed by atoms with Crippen LogP contribution in [0.4, 0.5) is 0 Å². The molecule has 1 unspecified atom stereocenters. The minimum absolute atomic E-state index is 0.163. The molecule has 4 nitrogen and oxygen atoms in total. The van der Waals surface area contributed by atoms with Gasteiger partial charge in [-0.05, 0) is 36.9 Å². The van der Waals surface area contributed by atoms with Crippen LogP contribution in [-0.2, 0) is 17.8 Å². The second kappa shape index (κ2) is 5.94. The minimum Gasteiger partial charge on any atom is -0.395 e. The van der Waals surface area contributed by atoms with Gasteiger partial charge < -0.3 is 10.0 Å². The van der Waals surface area contributed by atoms with Gasteiger partial charge in [0, 0.05) is 19.1 Å². The molecule has 0 radical (unpaired) electrons. The molecule has 2 heterocycles. The first-order valence-electron chi connectivity index (χ1n) is 7.47. The average Bonchev–Trinajstić information content (AvgIpc) is 2.94. The number of likely N-dealkylation sites (tertiary alicyclic amines) is 1. The Morgan fingerprint density at radius 3 is 2.85 bits per heavy atom. The van der Waals surface area contributed by atoms with E-state index in [-0.39, 0.29) is 18.6 Å². The van der Waals surface area contributed by atoms with Crippen LogP contribution >= 0.6 is 0 Å². The maximum Gasteiger partial charge on any atom is 0.237 e. The van der Waals surface area contributed by atoms with E-state index in [9.17, 15) is 9.90 Å². The van der Waals surface area contributed by atoms with Gasteiger partial charge in [-0.3, -0.25) is 9.69 Å². The molecule has 2 aliphatic rings. The van der Waals surface area contributed by atoms with E-state index in [1.807, 2.05) is 11.0 Å². The standard InChI is InChI=1S/C16H22N2O2/c19-12-15-6-3-8-17(15)11-16(20)18-9-7-13-4-1-2-5-14(13)10-18/h1-2,4-5,15,19H,3,6-12H2. The molecule has 0 saturated carbocycles. The Hall–Kier alpha value is -1.39. The summed E-state index contributed by atoms with van der Waals surface area (Å²) < 4.78 is 0. The number of hydrogen-bond acceptors (Lipinski definition) is 3. The second-order valence-electron chi connectivity index (χ2n) is 5.78. The number of rotatable bonds is 3. The number of carbonyl (C=O) groups excluding carboxylic acids is 1. The molecule has 108 valence electrons. The Labute approximate surface area is 120 Å². The molecule has 3 rings (SSSR count). The molecule has 1 amide bonds. The smallest absolute Gasteiger partial charge is 0.237 e. The molecule has 1 fully saturated rings. The van der Waals surface area contributed by atoms with Gasteiger partial charge in [0.2, 0.25) is 5.91 Å². The van der Waals surface area contributed by atoms with Gasteiger partial charge in [-0.1, -0.05) is 24.3 Å². The molecule has 1 aromatic carbocycles. The van der Waals surface area contributed by atoms with E-state index in [0.717, 1.165) is 38.9 Å². The Bertz CT molecular complexity index is 489. The van der Waals surface area contributed by atoms with Crippen LogP contribution in [0.25, 0.3) is 0 Å². The highest BCUT2D eigenvalue weighted by atomic mass is 16.3. The predicted octanol–water partition coefficient (Wildman–Crippen LogP) is 1.03. The molecule has 0 aliphatic carbocycles. The summed E-state index contributed by atoms with van der Waals surface area (Å²) in [6, 6.07) is 8.54. The lowest BCUT2D eigenvalue weighted by Gasteiger charge is -2.31. The predicted molar refractivity (Wildman–Crippen MR) is 77.2 cm³/mol. The van der Waals surface area contributed by atoms with Crippen LogP contribution in [0.15, 0.2) is 24.3 Å². The number of aliphatic hydroxyl groups excluding tert-OH is 1. The third kappa shape index (κ3) is 2.72. The maximum atomic E-state index is 12.4. The molecule has 1 saturated heterocycles. The Morgan fingerprint density at radius 1 is 1.25 bits per heavy atom. The lowest BCUT2D eigenvalue weighted by Crippen LogP contribution is -2.44. The van der Waals surface area contributed by atoms with Crippen molar-refractivity contribution in [2.45, 2.75) is 31.8 Å². The highest BCUT2D eigenvalue weighted by Gasteiger charge is 2.28. The topological polar surface area (TPSA) is 43.8 Å². The van der Waals surface area contributed by atoms with Crippen molar-refractivity contribution in [2.24, 2.45) is 0 Å². The average molecular weight is 274 g/mol. The molecule has 1 N–H and O–H groups in total. The molecule has 1 aromatic rings. The Morgan fingerprint density at radius 2 is 2.05 bits per heavy atom. The molecule has 0 bridgehead atoms. The lowest BCUT2D eigenvalue weighted by atomic mass is 10.00. The summed E-state index contributed by atoms with van der Waals surface area (Å²) in [7, 11) is 0. The number of carbonyl (C=O) groups is 1. The SMILES string of the molecule is O=C(CN1CCCC1CO)N1CCc2ccccc2C1. The second-order valence-corrected chi connectivity index (χ2v) is 5.78. The van der Waals surface area contributed by atoms with E-state index < -0.39 is 0 Å². The van der Waals surface area contributed by atoms with Crippen LogP contribution in [0.2, 0.25) is 0 Å². The van der Waals surface area contributed by atoms with Crippen molar-refractivity contribution in [1.29, 1.82) is 0 Å². The first-order valence-corrected chi connectivity index (χ1v) is 7.47. The van der Waals surface area contributed by atoms with Crippen LogP contribution in [-0.4, -0.2) is 53.1 Å². The van der Waals surface area contributed by atoms with Gasteiger partial charge in [-0.25, -0.2) is 0 Å². The van der Waals surface area contributed by atoms with Crippen LogP contribution < -0.4 is 0 Å². The van der Waals surface area contributed by atoms with Gasteiger partial charge in [-0.15, -0.1) is 0 Å².